The van der Waals surface area contributed by atoms with Crippen molar-refractivity contribution < 1.29 is 14.6 Å². The molecular weight excluding hydrogens is 240 g/mol. The molecule has 0 aliphatic heterocycles. The maximum Gasteiger partial charge on any atom is 0.338 e. The molecule has 0 aliphatic carbocycles. The van der Waals surface area contributed by atoms with E-state index in [1.807, 2.05) is 24.3 Å². The average molecular weight is 254 g/mol. The molecule has 0 aliphatic rings. The van der Waals surface area contributed by atoms with E-state index in [2.05, 4.69) is 0 Å². The lowest BCUT2D eigenvalue weighted by atomic mass is 10.1. The minimum absolute atomic E-state index is 0.229. The van der Waals surface area contributed by atoms with Crippen LogP contribution in [-0.4, -0.2) is 18.2 Å². The molecule has 0 aromatic heterocycles. The zero-order valence-corrected chi connectivity index (χ0v) is 10.5. The number of carbonyl (C=O) groups excluding carboxylic acids is 1. The van der Waals surface area contributed by atoms with E-state index in [0.29, 0.717) is 5.56 Å². The minimum Gasteiger partial charge on any atom is -0.508 e. The van der Waals surface area contributed by atoms with Gasteiger partial charge in [-0.1, -0.05) is 42.5 Å². The van der Waals surface area contributed by atoms with Gasteiger partial charge < -0.3 is 9.84 Å². The fraction of sp³-hybridized carbons (Fsp3) is 0.0625. The Morgan fingerprint density at radius 2 is 1.74 bits per heavy atom. The lowest BCUT2D eigenvalue weighted by Crippen LogP contribution is -2.02. The number of hydrogen-bond donors (Lipinski definition) is 1. The van der Waals surface area contributed by atoms with E-state index in [9.17, 15) is 9.90 Å². The number of benzene rings is 2. The van der Waals surface area contributed by atoms with Crippen molar-refractivity contribution in [2.75, 3.05) is 7.11 Å². The molecular formula is C16H14O3. The Morgan fingerprint density at radius 3 is 2.42 bits per heavy atom. The molecule has 0 saturated carbocycles. The van der Waals surface area contributed by atoms with Crippen LogP contribution < -0.4 is 0 Å². The molecule has 0 saturated heterocycles. The average Bonchev–Trinajstić information content (AvgIpc) is 2.46. The highest BCUT2D eigenvalue weighted by atomic mass is 16.5. The van der Waals surface area contributed by atoms with Gasteiger partial charge in [-0.25, -0.2) is 4.79 Å². The van der Waals surface area contributed by atoms with Crippen molar-refractivity contribution in [1.29, 1.82) is 0 Å². The first kappa shape index (κ1) is 12.9. The van der Waals surface area contributed by atoms with Crippen LogP contribution in [0.4, 0.5) is 0 Å². The third kappa shape index (κ3) is 3.22. The van der Waals surface area contributed by atoms with E-state index in [1.165, 1.54) is 7.11 Å². The summed E-state index contributed by atoms with van der Waals surface area (Å²) >= 11 is 0. The molecule has 1 N–H and O–H groups in total. The van der Waals surface area contributed by atoms with Crippen LogP contribution in [0.25, 0.3) is 12.2 Å². The molecule has 2 aromatic carbocycles. The molecule has 96 valence electrons. The number of carbonyl (C=O) groups is 1. The van der Waals surface area contributed by atoms with Crippen LogP contribution in [0, 0.1) is 0 Å². The molecule has 0 heterocycles. The lowest BCUT2D eigenvalue weighted by molar-refractivity contribution is 0.0600. The number of methoxy groups -OCH3 is 1. The molecule has 2 rings (SSSR count). The summed E-state index contributed by atoms with van der Waals surface area (Å²) in [4.78, 5) is 11.6. The van der Waals surface area contributed by atoms with Gasteiger partial charge in [-0.05, 0) is 29.3 Å². The largest absolute Gasteiger partial charge is 0.508 e. The van der Waals surface area contributed by atoms with Gasteiger partial charge in [-0.2, -0.15) is 0 Å². The third-order valence-corrected chi connectivity index (χ3v) is 2.71. The summed E-state index contributed by atoms with van der Waals surface area (Å²) in [5, 5.41) is 9.21. The molecule has 0 spiro atoms. The number of rotatable bonds is 3. The van der Waals surface area contributed by atoms with Crippen molar-refractivity contribution in [3.63, 3.8) is 0 Å². The Kier molecular flexibility index (Phi) is 3.98. The summed E-state index contributed by atoms with van der Waals surface area (Å²) in [6.45, 7) is 0. The van der Waals surface area contributed by atoms with Gasteiger partial charge in [0.15, 0.2) is 0 Å². The normalized spacial score (nSPS) is 10.6. The van der Waals surface area contributed by atoms with Crippen LogP contribution >= 0.6 is 0 Å². The van der Waals surface area contributed by atoms with Gasteiger partial charge >= 0.3 is 5.97 Å². The Morgan fingerprint density at radius 1 is 1.05 bits per heavy atom. The molecule has 2 aromatic rings. The van der Waals surface area contributed by atoms with Crippen molar-refractivity contribution in [3.8, 4) is 5.75 Å². The fourth-order valence-corrected chi connectivity index (χ4v) is 1.71. The van der Waals surface area contributed by atoms with Gasteiger partial charge in [0.1, 0.15) is 5.75 Å². The summed E-state index contributed by atoms with van der Waals surface area (Å²) in [7, 11) is 1.36. The van der Waals surface area contributed by atoms with E-state index >= 15 is 0 Å². The first-order valence-corrected chi connectivity index (χ1v) is 5.85. The second-order valence-electron chi connectivity index (χ2n) is 4.00. The van der Waals surface area contributed by atoms with Gasteiger partial charge in [0, 0.05) is 0 Å². The summed E-state index contributed by atoms with van der Waals surface area (Å²) in [6, 6.07) is 14.1. The molecule has 0 radical (unpaired) electrons. The number of aromatic hydroxyl groups is 1. The van der Waals surface area contributed by atoms with E-state index in [-0.39, 0.29) is 11.7 Å². The van der Waals surface area contributed by atoms with Crippen LogP contribution in [0.2, 0.25) is 0 Å². The second-order valence-corrected chi connectivity index (χ2v) is 4.00. The summed E-state index contributed by atoms with van der Waals surface area (Å²) in [5.41, 5.74) is 2.26. The van der Waals surface area contributed by atoms with Gasteiger partial charge in [0.25, 0.3) is 0 Å². The predicted molar refractivity (Wildman–Crippen MR) is 74.8 cm³/mol. The topological polar surface area (TPSA) is 46.5 Å². The molecule has 3 heteroatoms. The molecule has 0 unspecified atom stereocenters. The van der Waals surface area contributed by atoms with Gasteiger partial charge in [-0.15, -0.1) is 0 Å². The van der Waals surface area contributed by atoms with E-state index in [1.54, 1.807) is 36.4 Å². The first-order chi connectivity index (χ1) is 9.20. The Bertz CT molecular complexity index is 598. The number of ether oxygens (including phenoxy) is 1. The van der Waals surface area contributed by atoms with Crippen LogP contribution in [0.1, 0.15) is 21.5 Å². The zero-order chi connectivity index (χ0) is 13.7. The highest BCUT2D eigenvalue weighted by Crippen LogP contribution is 2.16. The fourth-order valence-electron chi connectivity index (χ4n) is 1.71. The zero-order valence-electron chi connectivity index (χ0n) is 10.5. The Balaban J connectivity index is 2.28. The van der Waals surface area contributed by atoms with Crippen LogP contribution in [0.15, 0.2) is 48.5 Å². The standard InChI is InChI=1S/C16H14O3/c1-19-16(18)15-5-3-2-4-13(15)9-6-12-7-10-14(17)11-8-12/h2-11,17H,1H3/b9-6+. The predicted octanol–water partition coefficient (Wildman–Crippen LogP) is 3.35. The second kappa shape index (κ2) is 5.87. The van der Waals surface area contributed by atoms with Crippen molar-refractivity contribution in [2.24, 2.45) is 0 Å². The highest BCUT2D eigenvalue weighted by molar-refractivity contribution is 5.94. The van der Waals surface area contributed by atoms with Crippen LogP contribution in [-0.2, 0) is 4.74 Å². The summed E-state index contributed by atoms with van der Waals surface area (Å²) in [5.74, 6) is -0.127. The Labute approximate surface area is 111 Å². The van der Waals surface area contributed by atoms with Crippen molar-refractivity contribution in [1.82, 2.24) is 0 Å². The molecule has 0 atom stereocenters. The van der Waals surface area contributed by atoms with Gasteiger partial charge in [-0.3, -0.25) is 0 Å². The SMILES string of the molecule is COC(=O)c1ccccc1/C=C/c1ccc(O)cc1. The maximum atomic E-state index is 11.6. The van der Waals surface area contributed by atoms with Gasteiger partial charge in [0.05, 0.1) is 12.7 Å². The number of esters is 1. The first-order valence-electron chi connectivity index (χ1n) is 5.85. The van der Waals surface area contributed by atoms with Crippen molar-refractivity contribution in [3.05, 3.63) is 65.2 Å². The van der Waals surface area contributed by atoms with Gasteiger partial charge in [0.2, 0.25) is 0 Å². The van der Waals surface area contributed by atoms with Crippen molar-refractivity contribution >= 4 is 18.1 Å². The number of hydrogen-bond acceptors (Lipinski definition) is 3. The highest BCUT2D eigenvalue weighted by Gasteiger charge is 2.08. The maximum absolute atomic E-state index is 11.6. The van der Waals surface area contributed by atoms with Crippen LogP contribution in [0.5, 0.6) is 5.75 Å². The number of phenolic OH excluding ortho intramolecular Hbond substituents is 1. The molecule has 0 amide bonds. The minimum atomic E-state index is -0.356. The molecule has 3 nitrogen and oxygen atoms in total. The molecule has 19 heavy (non-hydrogen) atoms. The van der Waals surface area contributed by atoms with Crippen LogP contribution in [0.3, 0.4) is 0 Å². The van der Waals surface area contributed by atoms with E-state index in [4.69, 9.17) is 4.74 Å². The smallest absolute Gasteiger partial charge is 0.338 e. The van der Waals surface area contributed by atoms with E-state index in [0.717, 1.165) is 11.1 Å². The van der Waals surface area contributed by atoms with Crippen molar-refractivity contribution in [2.45, 2.75) is 0 Å². The lowest BCUT2D eigenvalue weighted by Gasteiger charge is -2.03. The van der Waals surface area contributed by atoms with E-state index < -0.39 is 0 Å². The summed E-state index contributed by atoms with van der Waals surface area (Å²) in [6.07, 6.45) is 3.72. The monoisotopic (exact) mass is 254 g/mol. The molecule has 0 bridgehead atoms. The molecule has 0 fully saturated rings. The quantitative estimate of drug-likeness (QED) is 0.675. The Hall–Kier alpha value is -2.55. The summed E-state index contributed by atoms with van der Waals surface area (Å²) < 4.78 is 4.74. The number of phenols is 1. The third-order valence-electron chi connectivity index (χ3n) is 2.71.